The molecule has 0 saturated carbocycles. The molecule has 0 aliphatic heterocycles. The van der Waals surface area contributed by atoms with Crippen molar-refractivity contribution in [3.05, 3.63) is 69.7 Å². The Morgan fingerprint density at radius 1 is 1.24 bits per heavy atom. The molecular formula is C17H20N6O2. The number of anilines is 1. The molecule has 8 nitrogen and oxygen atoms in total. The van der Waals surface area contributed by atoms with E-state index in [1.807, 2.05) is 48.1 Å². The van der Waals surface area contributed by atoms with Gasteiger partial charge in [-0.05, 0) is 12.0 Å². The zero-order chi connectivity index (χ0) is 17.8. The topological polar surface area (TPSA) is 90.8 Å². The number of nitrogens with zero attached hydrogens (tertiary/aromatic N) is 5. The third-order valence-corrected chi connectivity index (χ3v) is 3.94. The highest BCUT2D eigenvalue weighted by Gasteiger charge is 2.25. The van der Waals surface area contributed by atoms with Crippen LogP contribution in [0.5, 0.6) is 0 Å². The fraction of sp³-hybridized carbons (Fsp3) is 0.294. The third-order valence-electron chi connectivity index (χ3n) is 3.94. The van der Waals surface area contributed by atoms with Crippen LogP contribution < -0.4 is 5.32 Å². The molecule has 2 aromatic heterocycles. The Kier molecular flexibility index (Phi) is 4.78. The van der Waals surface area contributed by atoms with E-state index < -0.39 is 0 Å². The largest absolute Gasteiger partial charge is 0.360 e. The van der Waals surface area contributed by atoms with Crippen molar-refractivity contribution >= 4 is 11.5 Å². The van der Waals surface area contributed by atoms with E-state index in [1.165, 1.54) is 10.2 Å². The van der Waals surface area contributed by atoms with Gasteiger partial charge in [-0.15, -0.1) is 0 Å². The monoisotopic (exact) mass is 340 g/mol. The summed E-state index contributed by atoms with van der Waals surface area (Å²) in [6.45, 7) is 2.98. The van der Waals surface area contributed by atoms with E-state index in [9.17, 15) is 10.1 Å². The van der Waals surface area contributed by atoms with E-state index in [0.29, 0.717) is 31.0 Å². The molecule has 0 radical (unpaired) electrons. The Morgan fingerprint density at radius 2 is 2.00 bits per heavy atom. The van der Waals surface area contributed by atoms with Crippen LogP contribution in [0.3, 0.4) is 0 Å². The highest BCUT2D eigenvalue weighted by Crippen LogP contribution is 2.28. The maximum Gasteiger partial charge on any atom is 0.333 e. The van der Waals surface area contributed by atoms with Crippen LogP contribution in [0.2, 0.25) is 0 Å². The van der Waals surface area contributed by atoms with Gasteiger partial charge in [0.15, 0.2) is 0 Å². The van der Waals surface area contributed by atoms with E-state index in [2.05, 4.69) is 15.5 Å². The van der Waals surface area contributed by atoms with Crippen molar-refractivity contribution in [2.45, 2.75) is 26.4 Å². The summed E-state index contributed by atoms with van der Waals surface area (Å²) in [7, 11) is 1.70. The summed E-state index contributed by atoms with van der Waals surface area (Å²) in [4.78, 5) is 10.9. The van der Waals surface area contributed by atoms with Crippen LogP contribution in [0.4, 0.5) is 11.5 Å². The van der Waals surface area contributed by atoms with Gasteiger partial charge in [-0.25, -0.2) is 4.68 Å². The minimum absolute atomic E-state index is 0.0432. The zero-order valence-electron chi connectivity index (χ0n) is 14.2. The number of hydrogen-bond donors (Lipinski definition) is 1. The maximum atomic E-state index is 11.3. The molecule has 0 atom stereocenters. The van der Waals surface area contributed by atoms with Crippen LogP contribution in [0.25, 0.3) is 0 Å². The molecule has 130 valence electrons. The molecule has 0 unspecified atom stereocenters. The average Bonchev–Trinajstić information content (AvgIpc) is 3.17. The molecule has 3 aromatic rings. The Bertz CT molecular complexity index is 869. The van der Waals surface area contributed by atoms with Gasteiger partial charge in [0.05, 0.1) is 17.7 Å². The Balaban J connectivity index is 1.71. The first-order valence-corrected chi connectivity index (χ1v) is 8.08. The standard InChI is InChI=1S/C17H20N6O2/c1-3-15-16(23(24)25)17(21(2)20-15)18-9-14-10-19-22(12-14)11-13-7-5-4-6-8-13/h4-8,10,12,18H,3,9,11H2,1-2H3. The number of aromatic nitrogens is 4. The lowest BCUT2D eigenvalue weighted by molar-refractivity contribution is -0.384. The molecule has 1 aromatic carbocycles. The molecule has 2 heterocycles. The summed E-state index contributed by atoms with van der Waals surface area (Å²) in [5, 5.41) is 23.0. The van der Waals surface area contributed by atoms with Gasteiger partial charge in [-0.3, -0.25) is 14.8 Å². The van der Waals surface area contributed by atoms with Gasteiger partial charge in [0.2, 0.25) is 5.82 Å². The molecule has 1 N–H and O–H groups in total. The molecule has 3 rings (SSSR count). The predicted octanol–water partition coefficient (Wildman–Crippen LogP) is 2.75. The number of rotatable bonds is 7. The lowest BCUT2D eigenvalue weighted by Crippen LogP contribution is -2.06. The second kappa shape index (κ2) is 7.16. The van der Waals surface area contributed by atoms with Crippen molar-refractivity contribution in [2.75, 3.05) is 5.32 Å². The fourth-order valence-corrected chi connectivity index (χ4v) is 2.74. The normalized spacial score (nSPS) is 10.8. The summed E-state index contributed by atoms with van der Waals surface area (Å²) in [5.74, 6) is 0.414. The number of hydrogen-bond acceptors (Lipinski definition) is 5. The number of nitro groups is 1. The molecule has 25 heavy (non-hydrogen) atoms. The highest BCUT2D eigenvalue weighted by atomic mass is 16.6. The van der Waals surface area contributed by atoms with Gasteiger partial charge in [-0.1, -0.05) is 37.3 Å². The summed E-state index contributed by atoms with van der Waals surface area (Å²) < 4.78 is 3.37. The first kappa shape index (κ1) is 16.7. The fourth-order valence-electron chi connectivity index (χ4n) is 2.74. The number of nitrogens with one attached hydrogen (secondary N) is 1. The van der Waals surface area contributed by atoms with Crippen molar-refractivity contribution in [2.24, 2.45) is 7.05 Å². The maximum absolute atomic E-state index is 11.3. The molecule has 0 spiro atoms. The molecule has 0 saturated heterocycles. The van der Waals surface area contributed by atoms with Crippen molar-refractivity contribution in [3.8, 4) is 0 Å². The first-order valence-electron chi connectivity index (χ1n) is 8.08. The molecule has 0 aliphatic rings. The quantitative estimate of drug-likeness (QED) is 0.527. The smallest absolute Gasteiger partial charge is 0.333 e. The third kappa shape index (κ3) is 3.68. The van der Waals surface area contributed by atoms with Crippen molar-refractivity contribution in [3.63, 3.8) is 0 Å². The van der Waals surface area contributed by atoms with Crippen molar-refractivity contribution in [1.82, 2.24) is 19.6 Å². The average molecular weight is 340 g/mol. The lowest BCUT2D eigenvalue weighted by Gasteiger charge is -2.04. The van der Waals surface area contributed by atoms with Crippen LogP contribution in [0.15, 0.2) is 42.7 Å². The summed E-state index contributed by atoms with van der Waals surface area (Å²) in [6, 6.07) is 10.1. The van der Waals surface area contributed by atoms with E-state index >= 15 is 0 Å². The molecular weight excluding hydrogens is 320 g/mol. The van der Waals surface area contributed by atoms with E-state index in [-0.39, 0.29) is 10.6 Å². The van der Waals surface area contributed by atoms with Gasteiger partial charge in [0.25, 0.3) is 0 Å². The van der Waals surface area contributed by atoms with E-state index in [4.69, 9.17) is 0 Å². The van der Waals surface area contributed by atoms with Crippen LogP contribution in [-0.4, -0.2) is 24.5 Å². The van der Waals surface area contributed by atoms with E-state index in [0.717, 1.165) is 5.56 Å². The Hall–Kier alpha value is -3.16. The second-order valence-corrected chi connectivity index (χ2v) is 5.76. The number of aryl methyl sites for hydroxylation is 2. The SMILES string of the molecule is CCc1nn(C)c(NCc2cnn(Cc3ccccc3)c2)c1[N+](=O)[O-]. The second-order valence-electron chi connectivity index (χ2n) is 5.76. The van der Waals surface area contributed by atoms with Crippen LogP contribution in [-0.2, 0) is 26.6 Å². The molecule has 0 aliphatic carbocycles. The Morgan fingerprint density at radius 3 is 2.68 bits per heavy atom. The summed E-state index contributed by atoms with van der Waals surface area (Å²) in [5.41, 5.74) is 2.64. The summed E-state index contributed by atoms with van der Waals surface area (Å²) >= 11 is 0. The van der Waals surface area contributed by atoms with Crippen LogP contribution in [0.1, 0.15) is 23.7 Å². The zero-order valence-corrected chi connectivity index (χ0v) is 14.2. The molecule has 0 bridgehead atoms. The van der Waals surface area contributed by atoms with Gasteiger partial charge < -0.3 is 5.32 Å². The predicted molar refractivity (Wildman–Crippen MR) is 94.3 cm³/mol. The lowest BCUT2D eigenvalue weighted by atomic mass is 10.2. The van der Waals surface area contributed by atoms with Gasteiger partial charge in [0.1, 0.15) is 5.69 Å². The molecule has 0 amide bonds. The minimum atomic E-state index is -0.382. The molecule has 8 heteroatoms. The van der Waals surface area contributed by atoms with Crippen LogP contribution >= 0.6 is 0 Å². The molecule has 0 fully saturated rings. The number of benzene rings is 1. The van der Waals surface area contributed by atoms with Crippen molar-refractivity contribution < 1.29 is 4.92 Å². The minimum Gasteiger partial charge on any atom is -0.360 e. The van der Waals surface area contributed by atoms with Crippen LogP contribution in [0, 0.1) is 10.1 Å². The van der Waals surface area contributed by atoms with Gasteiger partial charge in [0, 0.05) is 25.4 Å². The highest BCUT2D eigenvalue weighted by molar-refractivity contribution is 5.59. The Labute approximate surface area is 145 Å². The summed E-state index contributed by atoms with van der Waals surface area (Å²) in [6.07, 6.45) is 4.21. The van der Waals surface area contributed by atoms with Gasteiger partial charge >= 0.3 is 5.69 Å². The first-order chi connectivity index (χ1) is 12.1. The van der Waals surface area contributed by atoms with Gasteiger partial charge in [-0.2, -0.15) is 10.2 Å². The van der Waals surface area contributed by atoms with E-state index in [1.54, 1.807) is 13.2 Å². The van der Waals surface area contributed by atoms with Crippen molar-refractivity contribution in [1.29, 1.82) is 0 Å².